The first kappa shape index (κ1) is 22.6. The van der Waals surface area contributed by atoms with E-state index in [-0.39, 0.29) is 11.2 Å². The van der Waals surface area contributed by atoms with Crippen molar-refractivity contribution in [2.75, 3.05) is 19.6 Å². The van der Waals surface area contributed by atoms with Gasteiger partial charge in [0, 0.05) is 17.3 Å². The summed E-state index contributed by atoms with van der Waals surface area (Å²) < 4.78 is 54.2. The Labute approximate surface area is 195 Å². The van der Waals surface area contributed by atoms with Gasteiger partial charge in [0.25, 0.3) is 0 Å². The van der Waals surface area contributed by atoms with Crippen LogP contribution in [0.5, 0.6) is 0 Å². The summed E-state index contributed by atoms with van der Waals surface area (Å²) in [5.74, 6) is -0.297. The van der Waals surface area contributed by atoms with Gasteiger partial charge in [-0.05, 0) is 85.6 Å². The second-order valence-electron chi connectivity index (χ2n) is 9.08. The summed E-state index contributed by atoms with van der Waals surface area (Å²) in [4.78, 5) is 2.39. The van der Waals surface area contributed by atoms with E-state index in [1.54, 1.807) is 35.1 Å². The molecule has 1 aromatic heterocycles. The summed E-state index contributed by atoms with van der Waals surface area (Å²) in [5, 5.41) is 5.49. The Balaban J connectivity index is 1.50. The van der Waals surface area contributed by atoms with Crippen LogP contribution in [0, 0.1) is 5.82 Å². The highest BCUT2D eigenvalue weighted by Crippen LogP contribution is 2.40. The number of alkyl halides is 3. The number of benzene rings is 3. The van der Waals surface area contributed by atoms with Gasteiger partial charge >= 0.3 is 6.18 Å². The van der Waals surface area contributed by atoms with Crippen molar-refractivity contribution in [2.45, 2.75) is 31.4 Å². The molecule has 7 heteroatoms. The number of likely N-dealkylation sites (N-methyl/N-ethyl adjacent to an activating group) is 1. The molecule has 1 fully saturated rings. The van der Waals surface area contributed by atoms with E-state index in [9.17, 15) is 17.6 Å². The van der Waals surface area contributed by atoms with Crippen LogP contribution in [0.4, 0.5) is 17.6 Å². The molecule has 0 amide bonds. The Bertz CT molecular complexity index is 1290. The quantitative estimate of drug-likeness (QED) is 0.317. The number of hydrogen-bond donors (Lipinski definition) is 0. The van der Waals surface area contributed by atoms with Crippen LogP contribution in [-0.4, -0.2) is 34.3 Å². The van der Waals surface area contributed by atoms with E-state index in [0.717, 1.165) is 53.8 Å². The van der Waals surface area contributed by atoms with Gasteiger partial charge in [-0.15, -0.1) is 0 Å². The largest absolute Gasteiger partial charge is 0.416 e. The van der Waals surface area contributed by atoms with Crippen molar-refractivity contribution < 1.29 is 17.6 Å². The van der Waals surface area contributed by atoms with Crippen LogP contribution in [0.1, 0.15) is 30.0 Å². The molecular weight excluding hydrogens is 442 g/mol. The van der Waals surface area contributed by atoms with Gasteiger partial charge in [-0.2, -0.15) is 18.3 Å². The third-order valence-corrected chi connectivity index (χ3v) is 6.96. The zero-order valence-electron chi connectivity index (χ0n) is 18.8. The van der Waals surface area contributed by atoms with Crippen molar-refractivity contribution in [2.24, 2.45) is 0 Å². The lowest BCUT2D eigenvalue weighted by Gasteiger charge is -2.31. The summed E-state index contributed by atoms with van der Waals surface area (Å²) in [6, 6.07) is 18.0. The molecule has 1 aliphatic heterocycles. The van der Waals surface area contributed by atoms with E-state index in [4.69, 9.17) is 0 Å². The van der Waals surface area contributed by atoms with Crippen molar-refractivity contribution in [1.82, 2.24) is 14.7 Å². The summed E-state index contributed by atoms with van der Waals surface area (Å²) in [6.07, 6.45) is -0.933. The zero-order valence-corrected chi connectivity index (χ0v) is 18.8. The van der Waals surface area contributed by atoms with Crippen LogP contribution in [0.25, 0.3) is 16.6 Å². The smallest absolute Gasteiger partial charge is 0.303 e. The lowest BCUT2D eigenvalue weighted by molar-refractivity contribution is -0.137. The summed E-state index contributed by atoms with van der Waals surface area (Å²) in [5.41, 5.74) is 2.94. The van der Waals surface area contributed by atoms with Crippen LogP contribution in [-0.2, 0) is 18.0 Å². The molecule has 0 spiro atoms. The Morgan fingerprint density at radius 2 is 1.71 bits per heavy atom. The van der Waals surface area contributed by atoms with E-state index in [1.165, 1.54) is 24.3 Å². The third-order valence-electron chi connectivity index (χ3n) is 6.96. The number of rotatable bonds is 5. The number of aromatic nitrogens is 2. The fourth-order valence-electron chi connectivity index (χ4n) is 5.06. The second kappa shape index (κ2) is 8.55. The summed E-state index contributed by atoms with van der Waals surface area (Å²) in [6.45, 7) is 4.86. The van der Waals surface area contributed by atoms with E-state index in [1.807, 2.05) is 6.07 Å². The maximum Gasteiger partial charge on any atom is 0.416 e. The molecule has 5 rings (SSSR count). The SMILES string of the molecule is CCN1CCC(Cc2ccc(C(F)(F)F)cc2)(c2ccc3c(cnn3-c3ccc(F)cc3)c2)C1. The van der Waals surface area contributed by atoms with Gasteiger partial charge in [0.2, 0.25) is 0 Å². The minimum absolute atomic E-state index is 0.193. The van der Waals surface area contributed by atoms with Gasteiger partial charge < -0.3 is 4.90 Å². The van der Waals surface area contributed by atoms with Crippen molar-refractivity contribution >= 4 is 10.9 Å². The predicted molar refractivity (Wildman–Crippen MR) is 125 cm³/mol. The Morgan fingerprint density at radius 1 is 0.971 bits per heavy atom. The van der Waals surface area contributed by atoms with E-state index >= 15 is 0 Å². The Hall–Kier alpha value is -3.19. The summed E-state index contributed by atoms with van der Waals surface area (Å²) in [7, 11) is 0. The minimum Gasteiger partial charge on any atom is -0.303 e. The molecule has 34 heavy (non-hydrogen) atoms. The minimum atomic E-state index is -4.34. The first-order valence-corrected chi connectivity index (χ1v) is 11.4. The Morgan fingerprint density at radius 3 is 2.35 bits per heavy atom. The van der Waals surface area contributed by atoms with Gasteiger partial charge in [-0.3, -0.25) is 0 Å². The van der Waals surface area contributed by atoms with Crippen molar-refractivity contribution in [3.63, 3.8) is 0 Å². The highest BCUT2D eigenvalue weighted by atomic mass is 19.4. The number of halogens is 4. The fraction of sp³-hybridized carbons (Fsp3) is 0.296. The molecule has 2 heterocycles. The summed E-state index contributed by atoms with van der Waals surface area (Å²) >= 11 is 0. The van der Waals surface area contributed by atoms with Crippen LogP contribution in [0.2, 0.25) is 0 Å². The third kappa shape index (κ3) is 4.20. The van der Waals surface area contributed by atoms with Crippen LogP contribution in [0.3, 0.4) is 0 Å². The van der Waals surface area contributed by atoms with E-state index < -0.39 is 11.7 Å². The molecule has 1 unspecified atom stereocenters. The monoisotopic (exact) mass is 467 g/mol. The molecule has 3 aromatic carbocycles. The Kier molecular flexibility index (Phi) is 5.68. The fourth-order valence-corrected chi connectivity index (χ4v) is 5.06. The molecule has 1 saturated heterocycles. The first-order chi connectivity index (χ1) is 16.3. The number of fused-ring (bicyclic) bond motifs is 1. The van der Waals surface area contributed by atoms with Gasteiger partial charge in [-0.1, -0.05) is 25.1 Å². The van der Waals surface area contributed by atoms with Gasteiger partial charge in [0.05, 0.1) is 23.0 Å². The molecule has 0 radical (unpaired) electrons. The number of nitrogens with zero attached hydrogens (tertiary/aromatic N) is 3. The van der Waals surface area contributed by atoms with Crippen LogP contribution >= 0.6 is 0 Å². The normalized spacial score (nSPS) is 19.2. The maximum atomic E-state index is 13.3. The number of likely N-dealkylation sites (tertiary alicyclic amines) is 1. The van der Waals surface area contributed by atoms with Crippen molar-refractivity contribution in [3.05, 3.63) is 95.4 Å². The average Bonchev–Trinajstić information content (AvgIpc) is 3.44. The highest BCUT2D eigenvalue weighted by molar-refractivity contribution is 5.81. The van der Waals surface area contributed by atoms with Crippen molar-refractivity contribution in [1.29, 1.82) is 0 Å². The molecule has 0 bridgehead atoms. The van der Waals surface area contributed by atoms with Crippen LogP contribution in [0.15, 0.2) is 72.9 Å². The van der Waals surface area contributed by atoms with Gasteiger partial charge in [-0.25, -0.2) is 9.07 Å². The molecule has 4 aromatic rings. The standard InChI is InChI=1S/C27H25F4N3/c1-2-33-14-13-26(18-33,16-19-3-5-21(6-4-19)27(29,30)31)22-7-12-25-20(15-22)17-32-34(25)24-10-8-23(28)9-11-24/h3-12,15,17H,2,13-14,16,18H2,1H3. The van der Waals surface area contributed by atoms with Crippen molar-refractivity contribution in [3.8, 4) is 5.69 Å². The second-order valence-corrected chi connectivity index (χ2v) is 9.08. The van der Waals surface area contributed by atoms with Crippen LogP contribution < -0.4 is 0 Å². The molecule has 0 N–H and O–H groups in total. The predicted octanol–water partition coefficient (Wildman–Crippen LogP) is 6.39. The van der Waals surface area contributed by atoms with Gasteiger partial charge in [0.1, 0.15) is 5.82 Å². The van der Waals surface area contributed by atoms with E-state index in [2.05, 4.69) is 29.1 Å². The molecule has 176 valence electrons. The first-order valence-electron chi connectivity index (χ1n) is 11.4. The zero-order chi connectivity index (χ0) is 23.9. The lowest BCUT2D eigenvalue weighted by Crippen LogP contribution is -2.33. The molecule has 1 aliphatic rings. The number of hydrogen-bond acceptors (Lipinski definition) is 2. The lowest BCUT2D eigenvalue weighted by atomic mass is 9.74. The molecule has 3 nitrogen and oxygen atoms in total. The maximum absolute atomic E-state index is 13.3. The average molecular weight is 468 g/mol. The molecule has 1 atom stereocenters. The molecular formula is C27H25F4N3. The molecule has 0 aliphatic carbocycles. The molecule has 0 saturated carbocycles. The topological polar surface area (TPSA) is 21.1 Å². The highest BCUT2D eigenvalue weighted by Gasteiger charge is 2.39. The van der Waals surface area contributed by atoms with E-state index in [0.29, 0.717) is 6.42 Å². The van der Waals surface area contributed by atoms with Gasteiger partial charge in [0.15, 0.2) is 0 Å².